The van der Waals surface area contributed by atoms with Crippen LogP contribution < -0.4 is 15.4 Å². The molecule has 0 amide bonds. The molecule has 16 heteroatoms. The first-order valence-corrected chi connectivity index (χ1v) is 17.3. The van der Waals surface area contributed by atoms with Gasteiger partial charge in [-0.3, -0.25) is 9.80 Å². The number of fused-ring (bicyclic) bond motifs is 3. The Bertz CT molecular complexity index is 2090. The van der Waals surface area contributed by atoms with E-state index in [-0.39, 0.29) is 69.0 Å². The fraction of sp³-hybridized carbons (Fsp3) is 0.457. The van der Waals surface area contributed by atoms with Crippen LogP contribution in [0.1, 0.15) is 43.7 Å². The highest BCUT2D eigenvalue weighted by atomic mass is 32.1. The maximum absolute atomic E-state index is 17.1. The van der Waals surface area contributed by atoms with E-state index in [4.69, 9.17) is 10.5 Å². The molecular weight excluding hydrogens is 696 g/mol. The van der Waals surface area contributed by atoms with Crippen molar-refractivity contribution in [2.45, 2.75) is 68.8 Å². The Morgan fingerprint density at radius 2 is 2.06 bits per heavy atom. The van der Waals surface area contributed by atoms with E-state index >= 15 is 17.6 Å². The number of halogens is 6. The number of benzene rings is 2. The number of thiophene rings is 1. The van der Waals surface area contributed by atoms with Crippen LogP contribution in [-0.2, 0) is 6.18 Å². The molecule has 1 unspecified atom stereocenters. The van der Waals surface area contributed by atoms with Crippen LogP contribution in [0.3, 0.4) is 0 Å². The first-order chi connectivity index (χ1) is 24.2. The molecule has 0 radical (unpaired) electrons. The van der Waals surface area contributed by atoms with E-state index < -0.39 is 58.4 Å². The molecule has 0 aliphatic carbocycles. The van der Waals surface area contributed by atoms with Crippen molar-refractivity contribution in [3.63, 3.8) is 0 Å². The van der Waals surface area contributed by atoms with Crippen LogP contribution in [0.25, 0.3) is 32.1 Å². The summed E-state index contributed by atoms with van der Waals surface area (Å²) in [5.74, 6) is -2.25. The van der Waals surface area contributed by atoms with Crippen LogP contribution in [0, 0.1) is 23.0 Å². The van der Waals surface area contributed by atoms with Crippen molar-refractivity contribution >= 4 is 43.1 Å². The van der Waals surface area contributed by atoms with E-state index in [1.807, 2.05) is 17.9 Å². The Kier molecular flexibility index (Phi) is 8.84. The normalized spacial score (nSPS) is 24.7. The summed E-state index contributed by atoms with van der Waals surface area (Å²) >= 11 is 0.680. The third kappa shape index (κ3) is 5.74. The third-order valence-corrected chi connectivity index (χ3v) is 11.8. The number of aliphatic hydroxyl groups is 1. The fourth-order valence-corrected chi connectivity index (χ4v) is 9.25. The zero-order chi connectivity index (χ0) is 36.6. The van der Waals surface area contributed by atoms with Crippen LogP contribution in [-0.4, -0.2) is 88.2 Å². The van der Waals surface area contributed by atoms with Gasteiger partial charge in [-0.2, -0.15) is 28.4 Å². The van der Waals surface area contributed by atoms with Gasteiger partial charge in [0.05, 0.1) is 21.4 Å². The number of likely N-dealkylation sites (tertiary alicyclic amines) is 1. The molecule has 3 N–H and O–H groups in total. The molecule has 9 nitrogen and oxygen atoms in total. The van der Waals surface area contributed by atoms with Crippen LogP contribution >= 0.6 is 11.3 Å². The van der Waals surface area contributed by atoms with Crippen molar-refractivity contribution < 1.29 is 36.2 Å². The summed E-state index contributed by atoms with van der Waals surface area (Å²) in [6.07, 6.45) is -3.56. The van der Waals surface area contributed by atoms with E-state index in [1.54, 1.807) is 16.8 Å². The lowest BCUT2D eigenvalue weighted by Gasteiger charge is -2.34. The van der Waals surface area contributed by atoms with Crippen molar-refractivity contribution in [3.05, 3.63) is 53.6 Å². The van der Waals surface area contributed by atoms with E-state index in [0.717, 1.165) is 24.6 Å². The Morgan fingerprint density at radius 3 is 2.76 bits per heavy atom. The molecule has 0 spiro atoms. The van der Waals surface area contributed by atoms with Crippen molar-refractivity contribution in [1.82, 2.24) is 19.8 Å². The number of likely N-dealkylation sites (N-methyl/N-ethyl adjacent to an activating group) is 1. The molecule has 5 heterocycles. The van der Waals surface area contributed by atoms with Gasteiger partial charge in [0.25, 0.3) is 0 Å². The fourth-order valence-electron chi connectivity index (χ4n) is 8.30. The minimum Gasteiger partial charge on any atom is -0.461 e. The van der Waals surface area contributed by atoms with Gasteiger partial charge >= 0.3 is 12.2 Å². The predicted octanol–water partition coefficient (Wildman–Crippen LogP) is 6.62. The highest BCUT2D eigenvalue weighted by Crippen LogP contribution is 2.48. The average Bonchev–Trinajstić information content (AvgIpc) is 3.83. The Labute approximate surface area is 293 Å². The molecule has 3 aliphatic heterocycles. The molecule has 0 saturated carbocycles. The Balaban J connectivity index is 1.44. The summed E-state index contributed by atoms with van der Waals surface area (Å²) in [5, 5.41) is 19.7. The van der Waals surface area contributed by atoms with Gasteiger partial charge in [0.2, 0.25) is 0 Å². The molecular formula is C35H35F6N7O2S. The number of aliphatic hydroxyl groups excluding tert-OH is 1. The molecule has 2 aromatic carbocycles. The average molecular weight is 732 g/mol. The van der Waals surface area contributed by atoms with Gasteiger partial charge in [-0.15, -0.1) is 11.3 Å². The number of ether oxygens (including phenoxy) is 1. The van der Waals surface area contributed by atoms with E-state index in [2.05, 4.69) is 16.5 Å². The number of alkyl halides is 4. The van der Waals surface area contributed by atoms with Gasteiger partial charge < -0.3 is 20.5 Å². The quantitative estimate of drug-likeness (QED) is 0.153. The predicted molar refractivity (Wildman–Crippen MR) is 182 cm³/mol. The monoisotopic (exact) mass is 731 g/mol. The summed E-state index contributed by atoms with van der Waals surface area (Å²) < 4.78 is 97.6. The maximum Gasteiger partial charge on any atom is 0.417 e. The number of rotatable bonds is 8. The van der Waals surface area contributed by atoms with Crippen molar-refractivity contribution in [2.75, 3.05) is 43.9 Å². The zero-order valence-corrected chi connectivity index (χ0v) is 28.6. The number of hydrogen-bond donors (Lipinski definition) is 2. The van der Waals surface area contributed by atoms with Gasteiger partial charge in [0.15, 0.2) is 5.82 Å². The molecule has 5 atom stereocenters. The number of aromatic nitrogens is 2. The minimum absolute atomic E-state index is 0.0192. The molecule has 3 saturated heterocycles. The van der Waals surface area contributed by atoms with Gasteiger partial charge in [0.1, 0.15) is 47.2 Å². The smallest absolute Gasteiger partial charge is 0.417 e. The molecule has 2 aromatic heterocycles. The highest BCUT2D eigenvalue weighted by Gasteiger charge is 2.49. The van der Waals surface area contributed by atoms with Gasteiger partial charge in [-0.1, -0.05) is 12.6 Å². The molecule has 4 aromatic rings. The van der Waals surface area contributed by atoms with E-state index in [0.29, 0.717) is 37.3 Å². The Morgan fingerprint density at radius 1 is 1.29 bits per heavy atom. The standard InChI is InChI=1S/C35H35F6N7O2S/c1-4-25(49)48-11-8-24(17(48)2)46(3)32-20-12-22(35(39,40)41)27(19-6-7-23(37)30-26(19)21(14-42)31(43)51-30)28(38)29(20)44-33(45-32)50-16-34-9-5-10-47(34)15-18(36)13-34/h4,6-7,12,17-18,24-25,49H,1,5,8-11,13,15-16,43H2,2-3H3/t17-,18-,24-,25?,34+/m1/s1. The number of nitrogen functional groups attached to an aromatic ring is 1. The number of nitrogens with zero attached hydrogens (tertiary/aromatic N) is 6. The SMILES string of the molecule is C=CC(O)N1CC[C@@H](N(C)c2nc(OC[C@@]34CCCN3C[C@H](F)C4)nc3c(F)c(-c4ccc(F)c5sc(N)c(C#N)c45)c(C(F)(F)F)cc23)[C@H]1C. The summed E-state index contributed by atoms with van der Waals surface area (Å²) in [6, 6.07) is 3.46. The molecule has 3 aliphatic rings. The summed E-state index contributed by atoms with van der Waals surface area (Å²) in [5.41, 5.74) is 1.88. The topological polar surface area (TPSA) is 115 Å². The molecule has 270 valence electrons. The van der Waals surface area contributed by atoms with E-state index in [9.17, 15) is 19.1 Å². The lowest BCUT2D eigenvalue weighted by Crippen LogP contribution is -2.45. The number of anilines is 2. The number of nitrogens with two attached hydrogens (primary N) is 1. The Hall–Kier alpha value is -4.17. The van der Waals surface area contributed by atoms with Crippen LogP contribution in [0.5, 0.6) is 6.01 Å². The molecule has 51 heavy (non-hydrogen) atoms. The van der Waals surface area contributed by atoms with E-state index in [1.165, 1.54) is 6.08 Å². The van der Waals surface area contributed by atoms with Crippen molar-refractivity contribution in [2.24, 2.45) is 0 Å². The second-order valence-electron chi connectivity index (χ2n) is 13.5. The maximum atomic E-state index is 17.1. The lowest BCUT2D eigenvalue weighted by atomic mass is 9.92. The largest absolute Gasteiger partial charge is 0.461 e. The lowest BCUT2D eigenvalue weighted by molar-refractivity contribution is -0.137. The van der Waals surface area contributed by atoms with Gasteiger partial charge in [-0.25, -0.2) is 13.2 Å². The molecule has 0 bridgehead atoms. The zero-order valence-electron chi connectivity index (χ0n) is 27.8. The summed E-state index contributed by atoms with van der Waals surface area (Å²) in [7, 11) is 1.62. The second-order valence-corrected chi connectivity index (χ2v) is 14.6. The van der Waals surface area contributed by atoms with Crippen molar-refractivity contribution in [1.29, 1.82) is 5.26 Å². The van der Waals surface area contributed by atoms with Crippen LogP contribution in [0.15, 0.2) is 30.9 Å². The van der Waals surface area contributed by atoms with Crippen LogP contribution in [0.4, 0.5) is 37.2 Å². The molecule has 7 rings (SSSR count). The minimum atomic E-state index is -5.12. The number of hydrogen-bond acceptors (Lipinski definition) is 10. The van der Waals surface area contributed by atoms with Crippen LogP contribution in [0.2, 0.25) is 0 Å². The first-order valence-electron chi connectivity index (χ1n) is 16.5. The highest BCUT2D eigenvalue weighted by molar-refractivity contribution is 7.23. The van der Waals surface area contributed by atoms with Gasteiger partial charge in [-0.05, 0) is 56.5 Å². The molecule has 3 fully saturated rings. The first kappa shape index (κ1) is 35.2. The summed E-state index contributed by atoms with van der Waals surface area (Å²) in [6.45, 7) is 6.86. The number of nitriles is 1. The summed E-state index contributed by atoms with van der Waals surface area (Å²) in [4.78, 5) is 14.3. The van der Waals surface area contributed by atoms with Gasteiger partial charge in [0, 0.05) is 55.0 Å². The second kappa shape index (κ2) is 12.8. The third-order valence-electron chi connectivity index (χ3n) is 10.8. The van der Waals surface area contributed by atoms with Crippen molar-refractivity contribution in [3.8, 4) is 23.2 Å².